The Hall–Kier alpha value is -2.86. The highest BCUT2D eigenvalue weighted by Gasteiger charge is 2.26. The quantitative estimate of drug-likeness (QED) is 0.776. The number of aromatic nitrogens is 1. The Balaban J connectivity index is 1.54. The van der Waals surface area contributed by atoms with Crippen molar-refractivity contribution in [1.82, 2.24) is 9.88 Å². The number of hydrogen-bond donors (Lipinski definition) is 1. The van der Waals surface area contributed by atoms with E-state index in [0.29, 0.717) is 31.7 Å². The molecule has 1 atom stereocenters. The zero-order valence-electron chi connectivity index (χ0n) is 13.7. The maximum atomic E-state index is 12.5. The lowest BCUT2D eigenvalue weighted by atomic mass is 10.2. The second kappa shape index (κ2) is 6.57. The predicted octanol–water partition coefficient (Wildman–Crippen LogP) is 2.15. The van der Waals surface area contributed by atoms with Crippen LogP contribution in [-0.4, -0.2) is 53.2 Å². The maximum absolute atomic E-state index is 12.5. The van der Waals surface area contributed by atoms with Gasteiger partial charge in [0.05, 0.1) is 23.4 Å². The van der Waals surface area contributed by atoms with Crippen molar-refractivity contribution in [2.45, 2.75) is 6.10 Å². The number of amides is 1. The number of aliphatic hydroxyl groups excluding tert-OH is 1. The summed E-state index contributed by atoms with van der Waals surface area (Å²) >= 11 is 0. The van der Waals surface area contributed by atoms with Gasteiger partial charge >= 0.3 is 0 Å². The zero-order valence-corrected chi connectivity index (χ0v) is 13.7. The third-order valence-electron chi connectivity index (χ3n) is 4.47. The summed E-state index contributed by atoms with van der Waals surface area (Å²) in [4.78, 5) is 20.9. The highest BCUT2D eigenvalue weighted by molar-refractivity contribution is 5.94. The molecule has 3 aromatic rings. The standard InChI is InChI=1S/C19H19N3O3/c23-16-11-21(18-6-5-14-3-1-2-4-17(14)20-18)8-9-22(12-16)19(24)15-7-10-25-13-15/h1-7,10,13,16,23H,8-9,11-12H2/t16-/m1/s1. The molecule has 2 aromatic heterocycles. The molecule has 1 aliphatic rings. The van der Waals surface area contributed by atoms with Gasteiger partial charge in [0.15, 0.2) is 0 Å². The molecule has 0 bridgehead atoms. The molecular formula is C19H19N3O3. The molecule has 0 radical (unpaired) electrons. The number of para-hydroxylation sites is 1. The van der Waals surface area contributed by atoms with Crippen LogP contribution in [0.1, 0.15) is 10.4 Å². The number of rotatable bonds is 2. The van der Waals surface area contributed by atoms with Crippen LogP contribution >= 0.6 is 0 Å². The molecule has 1 saturated heterocycles. The molecule has 25 heavy (non-hydrogen) atoms. The molecular weight excluding hydrogens is 318 g/mol. The summed E-state index contributed by atoms with van der Waals surface area (Å²) in [6, 6.07) is 13.6. The largest absolute Gasteiger partial charge is 0.472 e. The second-order valence-corrected chi connectivity index (χ2v) is 6.23. The number of fused-ring (bicyclic) bond motifs is 1. The molecule has 1 N–H and O–H groups in total. The first-order valence-corrected chi connectivity index (χ1v) is 8.31. The molecule has 128 valence electrons. The Kier molecular flexibility index (Phi) is 4.11. The van der Waals surface area contributed by atoms with Gasteiger partial charge in [0.1, 0.15) is 12.1 Å². The van der Waals surface area contributed by atoms with Gasteiger partial charge in [-0.05, 0) is 24.3 Å². The van der Waals surface area contributed by atoms with Crippen molar-refractivity contribution in [2.75, 3.05) is 31.1 Å². The fourth-order valence-electron chi connectivity index (χ4n) is 3.18. The van der Waals surface area contributed by atoms with Crippen molar-refractivity contribution in [2.24, 2.45) is 0 Å². The van der Waals surface area contributed by atoms with Gasteiger partial charge in [0, 0.05) is 31.6 Å². The minimum absolute atomic E-state index is 0.124. The van der Waals surface area contributed by atoms with E-state index in [1.54, 1.807) is 11.0 Å². The van der Waals surface area contributed by atoms with Gasteiger partial charge in [0.25, 0.3) is 5.91 Å². The summed E-state index contributed by atoms with van der Waals surface area (Å²) in [6.07, 6.45) is 2.28. The summed E-state index contributed by atoms with van der Waals surface area (Å²) in [5.74, 6) is 0.691. The lowest BCUT2D eigenvalue weighted by Gasteiger charge is -2.23. The van der Waals surface area contributed by atoms with Crippen LogP contribution in [-0.2, 0) is 0 Å². The van der Waals surface area contributed by atoms with Gasteiger partial charge < -0.3 is 19.3 Å². The molecule has 1 fully saturated rings. The lowest BCUT2D eigenvalue weighted by Crippen LogP contribution is -2.37. The molecule has 6 nitrogen and oxygen atoms in total. The Bertz CT molecular complexity index is 879. The Morgan fingerprint density at radius 1 is 1.12 bits per heavy atom. The molecule has 0 unspecified atom stereocenters. The number of benzene rings is 1. The van der Waals surface area contributed by atoms with Crippen molar-refractivity contribution in [3.05, 3.63) is 60.6 Å². The molecule has 1 amide bonds. The molecule has 4 rings (SSSR count). The van der Waals surface area contributed by atoms with Crippen molar-refractivity contribution in [3.63, 3.8) is 0 Å². The number of nitrogens with zero attached hydrogens (tertiary/aromatic N) is 3. The van der Waals surface area contributed by atoms with Gasteiger partial charge in [-0.15, -0.1) is 0 Å². The summed E-state index contributed by atoms with van der Waals surface area (Å²) in [5, 5.41) is 11.4. The van der Waals surface area contributed by atoms with Gasteiger partial charge in [-0.25, -0.2) is 4.98 Å². The Labute approximate surface area is 145 Å². The SMILES string of the molecule is O=C(c1ccoc1)N1CCN(c2ccc3ccccc3n2)C[C@@H](O)C1. The summed E-state index contributed by atoms with van der Waals surface area (Å²) < 4.78 is 4.99. The van der Waals surface area contributed by atoms with Crippen LogP contribution < -0.4 is 4.90 Å². The highest BCUT2D eigenvalue weighted by atomic mass is 16.3. The number of furan rings is 1. The third-order valence-corrected chi connectivity index (χ3v) is 4.47. The molecule has 3 heterocycles. The van der Waals surface area contributed by atoms with Crippen molar-refractivity contribution >= 4 is 22.6 Å². The Morgan fingerprint density at radius 2 is 2.00 bits per heavy atom. The van der Waals surface area contributed by atoms with Crippen LogP contribution in [0.15, 0.2) is 59.4 Å². The van der Waals surface area contributed by atoms with E-state index in [4.69, 9.17) is 9.40 Å². The van der Waals surface area contributed by atoms with Crippen LogP contribution in [0, 0.1) is 0 Å². The first kappa shape index (κ1) is 15.7. The molecule has 1 aromatic carbocycles. The topological polar surface area (TPSA) is 69.8 Å². The highest BCUT2D eigenvalue weighted by Crippen LogP contribution is 2.20. The maximum Gasteiger partial charge on any atom is 0.257 e. The van der Waals surface area contributed by atoms with E-state index in [-0.39, 0.29) is 5.91 Å². The first-order chi connectivity index (χ1) is 12.2. The Morgan fingerprint density at radius 3 is 2.84 bits per heavy atom. The minimum Gasteiger partial charge on any atom is -0.472 e. The molecule has 0 aliphatic carbocycles. The van der Waals surface area contributed by atoms with Gasteiger partial charge in [-0.2, -0.15) is 0 Å². The molecule has 6 heteroatoms. The van der Waals surface area contributed by atoms with E-state index >= 15 is 0 Å². The van der Waals surface area contributed by atoms with Crippen molar-refractivity contribution < 1.29 is 14.3 Å². The average molecular weight is 337 g/mol. The summed E-state index contributed by atoms with van der Waals surface area (Å²) in [7, 11) is 0. The number of aliphatic hydroxyl groups is 1. The van der Waals surface area contributed by atoms with Gasteiger partial charge in [0.2, 0.25) is 0 Å². The fourth-order valence-corrected chi connectivity index (χ4v) is 3.18. The monoisotopic (exact) mass is 337 g/mol. The van der Waals surface area contributed by atoms with Crippen LogP contribution in [0.3, 0.4) is 0 Å². The predicted molar refractivity (Wildman–Crippen MR) is 94.6 cm³/mol. The van der Waals surface area contributed by atoms with E-state index in [1.165, 1.54) is 12.5 Å². The van der Waals surface area contributed by atoms with Gasteiger partial charge in [-0.3, -0.25) is 4.79 Å². The number of anilines is 1. The second-order valence-electron chi connectivity index (χ2n) is 6.23. The minimum atomic E-state index is -0.633. The van der Waals surface area contributed by atoms with E-state index in [0.717, 1.165) is 16.7 Å². The van der Waals surface area contributed by atoms with Gasteiger partial charge in [-0.1, -0.05) is 18.2 Å². The van der Waals surface area contributed by atoms with Crippen LogP contribution in [0.4, 0.5) is 5.82 Å². The first-order valence-electron chi connectivity index (χ1n) is 8.31. The lowest BCUT2D eigenvalue weighted by molar-refractivity contribution is 0.0673. The summed E-state index contributed by atoms with van der Waals surface area (Å²) in [6.45, 7) is 1.89. The number of pyridine rings is 1. The number of carbonyl (C=O) groups is 1. The van der Waals surface area contributed by atoms with E-state index in [2.05, 4.69) is 0 Å². The molecule has 1 aliphatic heterocycles. The number of hydrogen-bond acceptors (Lipinski definition) is 5. The van der Waals surface area contributed by atoms with E-state index < -0.39 is 6.10 Å². The number of carbonyl (C=O) groups excluding carboxylic acids is 1. The van der Waals surface area contributed by atoms with Crippen LogP contribution in [0.2, 0.25) is 0 Å². The summed E-state index contributed by atoms with van der Waals surface area (Å²) in [5.41, 5.74) is 1.43. The van der Waals surface area contributed by atoms with Crippen molar-refractivity contribution in [1.29, 1.82) is 0 Å². The zero-order chi connectivity index (χ0) is 17.2. The normalized spacial score (nSPS) is 18.4. The molecule has 0 spiro atoms. The van der Waals surface area contributed by atoms with E-state index in [9.17, 15) is 9.90 Å². The third kappa shape index (κ3) is 3.21. The smallest absolute Gasteiger partial charge is 0.257 e. The molecule has 0 saturated carbocycles. The fraction of sp³-hybridized carbons (Fsp3) is 0.263. The van der Waals surface area contributed by atoms with Crippen LogP contribution in [0.25, 0.3) is 10.9 Å². The average Bonchev–Trinajstić information content (AvgIpc) is 3.10. The van der Waals surface area contributed by atoms with Crippen LogP contribution in [0.5, 0.6) is 0 Å². The number of β-amino-alcohol motifs (C(OH)–C–C–N with tert-alkyl or cyclic N) is 1. The van der Waals surface area contributed by atoms with Crippen molar-refractivity contribution in [3.8, 4) is 0 Å². The van der Waals surface area contributed by atoms with E-state index in [1.807, 2.05) is 41.3 Å².